The Kier molecular flexibility index (Phi) is 4.50. The summed E-state index contributed by atoms with van der Waals surface area (Å²) in [6.45, 7) is 0. The van der Waals surface area contributed by atoms with E-state index in [1.54, 1.807) is 0 Å². The van der Waals surface area contributed by atoms with Crippen molar-refractivity contribution in [3.8, 4) is 11.1 Å². The summed E-state index contributed by atoms with van der Waals surface area (Å²) in [7, 11) is 0. The molecule has 102 valence electrons. The van der Waals surface area contributed by atoms with Gasteiger partial charge in [0.1, 0.15) is 6.04 Å². The Labute approximate surface area is 117 Å². The van der Waals surface area contributed by atoms with Crippen LogP contribution < -0.4 is 5.32 Å². The SMILES string of the molecule is O=CN[C@H](Cc1ccc(-c2ccccc2)cc1)C(=O)O. The second kappa shape index (κ2) is 6.52. The van der Waals surface area contributed by atoms with Gasteiger partial charge in [-0.3, -0.25) is 4.79 Å². The summed E-state index contributed by atoms with van der Waals surface area (Å²) in [6.07, 6.45) is 0.681. The maximum atomic E-state index is 11.0. The van der Waals surface area contributed by atoms with Gasteiger partial charge in [0.25, 0.3) is 0 Å². The second-order valence-electron chi connectivity index (χ2n) is 4.44. The summed E-state index contributed by atoms with van der Waals surface area (Å²) in [5.41, 5.74) is 3.05. The number of rotatable bonds is 6. The molecule has 0 heterocycles. The van der Waals surface area contributed by atoms with Crippen molar-refractivity contribution in [2.24, 2.45) is 0 Å². The molecule has 0 spiro atoms. The number of carboxylic acids is 1. The number of amides is 1. The maximum Gasteiger partial charge on any atom is 0.326 e. The number of hydrogen-bond donors (Lipinski definition) is 2. The summed E-state index contributed by atoms with van der Waals surface area (Å²) in [5, 5.41) is 11.3. The third-order valence-corrected chi connectivity index (χ3v) is 3.07. The fourth-order valence-corrected chi connectivity index (χ4v) is 2.00. The standard InChI is InChI=1S/C16H15NO3/c18-11-17-15(16(19)20)10-12-6-8-14(9-7-12)13-4-2-1-3-5-13/h1-9,11,15H,10H2,(H,17,18)(H,19,20)/t15-/m1/s1. The number of carboxylic acid groups (broad SMARTS) is 1. The van der Waals surface area contributed by atoms with Crippen molar-refractivity contribution in [2.75, 3.05) is 0 Å². The molecule has 1 atom stereocenters. The lowest BCUT2D eigenvalue weighted by Crippen LogP contribution is -2.37. The Hall–Kier alpha value is -2.62. The molecule has 2 aromatic rings. The van der Waals surface area contributed by atoms with Gasteiger partial charge in [-0.2, -0.15) is 0 Å². The predicted octanol–water partition coefficient (Wildman–Crippen LogP) is 2.10. The molecular weight excluding hydrogens is 254 g/mol. The van der Waals surface area contributed by atoms with Crippen molar-refractivity contribution in [1.82, 2.24) is 5.32 Å². The third-order valence-electron chi connectivity index (χ3n) is 3.07. The molecule has 0 aliphatic rings. The van der Waals surface area contributed by atoms with E-state index in [9.17, 15) is 9.59 Å². The van der Waals surface area contributed by atoms with E-state index >= 15 is 0 Å². The lowest BCUT2D eigenvalue weighted by Gasteiger charge is -2.11. The van der Waals surface area contributed by atoms with Gasteiger partial charge in [0, 0.05) is 6.42 Å². The molecule has 2 rings (SSSR count). The van der Waals surface area contributed by atoms with Crippen molar-refractivity contribution in [3.05, 3.63) is 60.2 Å². The van der Waals surface area contributed by atoms with Gasteiger partial charge in [-0.25, -0.2) is 4.79 Å². The molecule has 20 heavy (non-hydrogen) atoms. The number of aliphatic carboxylic acids is 1. The number of nitrogens with one attached hydrogen (secondary N) is 1. The topological polar surface area (TPSA) is 66.4 Å². The van der Waals surface area contributed by atoms with Gasteiger partial charge in [-0.15, -0.1) is 0 Å². The number of carbonyl (C=O) groups excluding carboxylic acids is 1. The van der Waals surface area contributed by atoms with Crippen molar-refractivity contribution in [2.45, 2.75) is 12.5 Å². The van der Waals surface area contributed by atoms with E-state index in [4.69, 9.17) is 5.11 Å². The first-order chi connectivity index (χ1) is 9.70. The minimum absolute atomic E-state index is 0.267. The van der Waals surface area contributed by atoms with Gasteiger partial charge in [0.05, 0.1) is 0 Å². The number of benzene rings is 2. The average molecular weight is 269 g/mol. The van der Waals surface area contributed by atoms with Crippen LogP contribution >= 0.6 is 0 Å². The fourth-order valence-electron chi connectivity index (χ4n) is 2.00. The predicted molar refractivity (Wildman–Crippen MR) is 76.2 cm³/mol. The van der Waals surface area contributed by atoms with E-state index in [1.165, 1.54) is 0 Å². The van der Waals surface area contributed by atoms with Crippen LogP contribution in [0.3, 0.4) is 0 Å². The molecule has 0 aliphatic heterocycles. The van der Waals surface area contributed by atoms with Crippen LogP contribution in [0.25, 0.3) is 11.1 Å². The molecule has 0 saturated heterocycles. The van der Waals surface area contributed by atoms with Crippen molar-refractivity contribution >= 4 is 12.4 Å². The molecule has 0 aliphatic carbocycles. The molecule has 0 bridgehead atoms. The molecule has 0 radical (unpaired) electrons. The maximum absolute atomic E-state index is 11.0. The largest absolute Gasteiger partial charge is 0.480 e. The molecule has 4 nitrogen and oxygen atoms in total. The van der Waals surface area contributed by atoms with Crippen LogP contribution in [0.2, 0.25) is 0 Å². The molecule has 0 aromatic heterocycles. The number of hydrogen-bond acceptors (Lipinski definition) is 2. The van der Waals surface area contributed by atoms with E-state index < -0.39 is 12.0 Å². The van der Waals surface area contributed by atoms with E-state index in [0.717, 1.165) is 16.7 Å². The molecule has 1 amide bonds. The fraction of sp³-hybridized carbons (Fsp3) is 0.125. The molecule has 2 N–H and O–H groups in total. The van der Waals surface area contributed by atoms with Crippen LogP contribution in [-0.4, -0.2) is 23.5 Å². The van der Waals surface area contributed by atoms with Crippen molar-refractivity contribution in [3.63, 3.8) is 0 Å². The zero-order valence-corrected chi connectivity index (χ0v) is 10.8. The highest BCUT2D eigenvalue weighted by atomic mass is 16.4. The van der Waals surface area contributed by atoms with Gasteiger partial charge in [0.2, 0.25) is 6.41 Å². The molecular formula is C16H15NO3. The van der Waals surface area contributed by atoms with Gasteiger partial charge >= 0.3 is 5.97 Å². The second-order valence-corrected chi connectivity index (χ2v) is 4.44. The summed E-state index contributed by atoms with van der Waals surface area (Å²) in [6, 6.07) is 16.7. The Balaban J connectivity index is 2.12. The molecule has 0 saturated carbocycles. The smallest absolute Gasteiger partial charge is 0.326 e. The lowest BCUT2D eigenvalue weighted by molar-refractivity contribution is -0.140. The van der Waals surface area contributed by atoms with Gasteiger partial charge in [-0.05, 0) is 16.7 Å². The van der Waals surface area contributed by atoms with Crippen LogP contribution in [0, 0.1) is 0 Å². The first-order valence-electron chi connectivity index (χ1n) is 6.27. The highest BCUT2D eigenvalue weighted by molar-refractivity contribution is 5.76. The third kappa shape index (κ3) is 3.45. The monoisotopic (exact) mass is 269 g/mol. The molecule has 4 heteroatoms. The zero-order chi connectivity index (χ0) is 14.4. The number of carbonyl (C=O) groups is 2. The van der Waals surface area contributed by atoms with Crippen LogP contribution in [0.15, 0.2) is 54.6 Å². The minimum Gasteiger partial charge on any atom is -0.480 e. The van der Waals surface area contributed by atoms with Crippen LogP contribution in [0.4, 0.5) is 0 Å². The van der Waals surface area contributed by atoms with Crippen LogP contribution in [0.1, 0.15) is 5.56 Å². The van der Waals surface area contributed by atoms with Gasteiger partial charge in [-0.1, -0.05) is 54.6 Å². The minimum atomic E-state index is -1.04. The highest BCUT2D eigenvalue weighted by Gasteiger charge is 2.16. The Bertz CT molecular complexity index is 578. The average Bonchev–Trinajstić information content (AvgIpc) is 2.48. The van der Waals surface area contributed by atoms with Crippen LogP contribution in [0.5, 0.6) is 0 Å². The summed E-state index contributed by atoms with van der Waals surface area (Å²) in [4.78, 5) is 21.3. The van der Waals surface area contributed by atoms with E-state index in [1.807, 2.05) is 54.6 Å². The van der Waals surface area contributed by atoms with Crippen LogP contribution in [-0.2, 0) is 16.0 Å². The Morgan fingerprint density at radius 2 is 1.65 bits per heavy atom. The quantitative estimate of drug-likeness (QED) is 0.789. The summed E-state index contributed by atoms with van der Waals surface area (Å²) >= 11 is 0. The Morgan fingerprint density at radius 3 is 2.20 bits per heavy atom. The van der Waals surface area contributed by atoms with E-state index in [0.29, 0.717) is 6.41 Å². The van der Waals surface area contributed by atoms with E-state index in [2.05, 4.69) is 5.32 Å². The van der Waals surface area contributed by atoms with Gasteiger partial charge in [0.15, 0.2) is 0 Å². The molecule has 2 aromatic carbocycles. The lowest BCUT2D eigenvalue weighted by atomic mass is 10.0. The first-order valence-corrected chi connectivity index (χ1v) is 6.27. The van der Waals surface area contributed by atoms with Gasteiger partial charge < -0.3 is 10.4 Å². The normalized spacial score (nSPS) is 11.6. The van der Waals surface area contributed by atoms with E-state index in [-0.39, 0.29) is 6.42 Å². The zero-order valence-electron chi connectivity index (χ0n) is 10.8. The Morgan fingerprint density at radius 1 is 1.05 bits per heavy atom. The summed E-state index contributed by atoms with van der Waals surface area (Å²) < 4.78 is 0. The first kappa shape index (κ1) is 13.8. The van der Waals surface area contributed by atoms with Crippen molar-refractivity contribution < 1.29 is 14.7 Å². The highest BCUT2D eigenvalue weighted by Crippen LogP contribution is 2.19. The molecule has 0 unspecified atom stereocenters. The molecule has 0 fully saturated rings. The summed E-state index contributed by atoms with van der Waals surface area (Å²) in [5.74, 6) is -1.04. The van der Waals surface area contributed by atoms with Crippen molar-refractivity contribution in [1.29, 1.82) is 0 Å².